The largest absolute Gasteiger partial charge is 0.481 e. The molecule has 0 radical (unpaired) electrons. The normalized spacial score (nSPS) is 15.5. The smallest absolute Gasteiger partial charge is 0.263 e. The summed E-state index contributed by atoms with van der Waals surface area (Å²) in [6, 6.07) is 7.95. The lowest BCUT2D eigenvalue weighted by Crippen LogP contribution is -2.47. The summed E-state index contributed by atoms with van der Waals surface area (Å²) in [5, 5.41) is 2.82. The van der Waals surface area contributed by atoms with Crippen LogP contribution < -0.4 is 10.1 Å². The number of hydrogen-bond donors (Lipinski definition) is 1. The molecule has 5 nitrogen and oxygen atoms in total. The molecule has 0 bridgehead atoms. The second-order valence-electron chi connectivity index (χ2n) is 7.74. The fourth-order valence-electron chi connectivity index (χ4n) is 3.50. The number of ether oxygens (including phenoxy) is 1. The van der Waals surface area contributed by atoms with Gasteiger partial charge in [-0.15, -0.1) is 0 Å². The number of benzene rings is 2. The maximum atomic E-state index is 13.6. The average molecular weight is 434 g/mol. The molecule has 0 aliphatic carbocycles. The van der Waals surface area contributed by atoms with Crippen molar-refractivity contribution < 1.29 is 27.5 Å². The zero-order chi connectivity index (χ0) is 22.5. The predicted molar refractivity (Wildman–Crippen MR) is 109 cm³/mol. The van der Waals surface area contributed by atoms with E-state index in [0.29, 0.717) is 37.1 Å². The van der Waals surface area contributed by atoms with Crippen molar-refractivity contribution in [3.05, 3.63) is 65.0 Å². The Bertz CT molecular complexity index is 959. The van der Waals surface area contributed by atoms with Crippen LogP contribution in [0.15, 0.2) is 36.4 Å². The number of piperidine rings is 1. The molecule has 8 heteroatoms. The molecule has 3 rings (SSSR count). The van der Waals surface area contributed by atoms with Gasteiger partial charge in [0.15, 0.2) is 17.7 Å². The lowest BCUT2D eigenvalue weighted by Gasteiger charge is -2.33. The minimum absolute atomic E-state index is 0.0709. The van der Waals surface area contributed by atoms with E-state index >= 15 is 0 Å². The van der Waals surface area contributed by atoms with Crippen LogP contribution in [-0.2, 0) is 16.1 Å². The van der Waals surface area contributed by atoms with E-state index in [4.69, 9.17) is 4.74 Å². The van der Waals surface area contributed by atoms with Crippen molar-refractivity contribution in [1.82, 2.24) is 10.2 Å². The van der Waals surface area contributed by atoms with E-state index in [1.54, 1.807) is 30.9 Å². The van der Waals surface area contributed by atoms with Gasteiger partial charge in [-0.05, 0) is 56.0 Å². The van der Waals surface area contributed by atoms with E-state index in [2.05, 4.69) is 5.32 Å². The van der Waals surface area contributed by atoms with Crippen molar-refractivity contribution >= 4 is 11.8 Å². The molecule has 166 valence electrons. The van der Waals surface area contributed by atoms with Gasteiger partial charge in [0.25, 0.3) is 5.91 Å². The van der Waals surface area contributed by atoms with Gasteiger partial charge in [0, 0.05) is 31.6 Å². The number of likely N-dealkylation sites (tertiary alicyclic amines) is 1. The van der Waals surface area contributed by atoms with Crippen LogP contribution in [0.3, 0.4) is 0 Å². The Labute approximate surface area is 179 Å². The van der Waals surface area contributed by atoms with E-state index in [9.17, 15) is 22.8 Å². The highest BCUT2D eigenvalue weighted by atomic mass is 19.2. The quantitative estimate of drug-likeness (QED) is 0.754. The lowest BCUT2D eigenvalue weighted by atomic mass is 9.95. The van der Waals surface area contributed by atoms with Crippen LogP contribution in [0.5, 0.6) is 5.75 Å². The van der Waals surface area contributed by atoms with Crippen LogP contribution >= 0.6 is 0 Å². The zero-order valence-electron chi connectivity index (χ0n) is 17.5. The Morgan fingerprint density at radius 1 is 1.06 bits per heavy atom. The number of hydrogen-bond acceptors (Lipinski definition) is 3. The van der Waals surface area contributed by atoms with E-state index in [-0.39, 0.29) is 35.8 Å². The monoisotopic (exact) mass is 434 g/mol. The third-order valence-corrected chi connectivity index (χ3v) is 5.43. The lowest BCUT2D eigenvalue weighted by molar-refractivity contribution is -0.141. The predicted octanol–water partition coefficient (Wildman–Crippen LogP) is 3.73. The van der Waals surface area contributed by atoms with Crippen LogP contribution in [0, 0.1) is 30.3 Å². The molecule has 1 aliphatic heterocycles. The second-order valence-corrected chi connectivity index (χ2v) is 7.74. The van der Waals surface area contributed by atoms with Crippen molar-refractivity contribution in [3.8, 4) is 5.75 Å². The van der Waals surface area contributed by atoms with Gasteiger partial charge < -0.3 is 15.0 Å². The number of amides is 2. The van der Waals surface area contributed by atoms with Gasteiger partial charge in [0.2, 0.25) is 5.91 Å². The first kappa shape index (κ1) is 22.7. The van der Waals surface area contributed by atoms with Crippen molar-refractivity contribution in [2.75, 3.05) is 13.1 Å². The number of carbonyl (C=O) groups is 2. The fourth-order valence-corrected chi connectivity index (χ4v) is 3.50. The number of halogens is 3. The second kappa shape index (κ2) is 9.85. The molecule has 1 fully saturated rings. The Morgan fingerprint density at radius 3 is 2.42 bits per heavy atom. The number of nitrogens with one attached hydrogen (secondary N) is 1. The van der Waals surface area contributed by atoms with Gasteiger partial charge in [-0.2, -0.15) is 0 Å². The molecular formula is C23H25F3N2O3. The van der Waals surface area contributed by atoms with Crippen molar-refractivity contribution in [2.45, 2.75) is 39.3 Å². The van der Waals surface area contributed by atoms with Crippen LogP contribution in [0.25, 0.3) is 0 Å². The molecule has 31 heavy (non-hydrogen) atoms. The standard InChI is InChI=1S/C23H25F3N2O3/c1-14-3-4-16(11-20(14)25)13-27-22(29)17-7-9-28(10-8-17)23(30)15(2)31-18-5-6-19(24)21(26)12-18/h3-6,11-12,15,17H,7-10,13H2,1-2H3,(H,27,29). The summed E-state index contributed by atoms with van der Waals surface area (Å²) in [5.74, 6) is -2.91. The summed E-state index contributed by atoms with van der Waals surface area (Å²) in [7, 11) is 0. The minimum Gasteiger partial charge on any atom is -0.481 e. The molecule has 1 atom stereocenters. The summed E-state index contributed by atoms with van der Waals surface area (Å²) < 4.78 is 45.4. The van der Waals surface area contributed by atoms with Crippen LogP contribution in [0.1, 0.15) is 30.9 Å². The van der Waals surface area contributed by atoms with Crippen LogP contribution in [0.2, 0.25) is 0 Å². The van der Waals surface area contributed by atoms with Gasteiger partial charge in [0.05, 0.1) is 0 Å². The van der Waals surface area contributed by atoms with E-state index in [0.717, 1.165) is 12.1 Å². The van der Waals surface area contributed by atoms with Crippen molar-refractivity contribution in [1.29, 1.82) is 0 Å². The molecule has 1 heterocycles. The van der Waals surface area contributed by atoms with E-state index in [1.165, 1.54) is 12.1 Å². The molecule has 1 unspecified atom stereocenters. The highest BCUT2D eigenvalue weighted by Gasteiger charge is 2.30. The van der Waals surface area contributed by atoms with E-state index < -0.39 is 17.7 Å². The van der Waals surface area contributed by atoms with Crippen molar-refractivity contribution in [2.24, 2.45) is 5.92 Å². The third kappa shape index (κ3) is 5.77. The molecule has 1 aliphatic rings. The first-order valence-electron chi connectivity index (χ1n) is 10.2. The summed E-state index contributed by atoms with van der Waals surface area (Å²) in [5.41, 5.74) is 1.24. The minimum atomic E-state index is -1.04. The Kier molecular flexibility index (Phi) is 7.20. The fraction of sp³-hybridized carbons (Fsp3) is 0.391. The van der Waals surface area contributed by atoms with Gasteiger partial charge in [-0.25, -0.2) is 13.2 Å². The number of aryl methyl sites for hydroxylation is 1. The molecule has 0 saturated carbocycles. The van der Waals surface area contributed by atoms with Gasteiger partial charge in [-0.3, -0.25) is 9.59 Å². The van der Waals surface area contributed by atoms with Crippen LogP contribution in [0.4, 0.5) is 13.2 Å². The Hall–Kier alpha value is -3.03. The SMILES string of the molecule is Cc1ccc(CNC(=O)C2CCN(C(=O)C(C)Oc3ccc(F)c(F)c3)CC2)cc1F. The summed E-state index contributed by atoms with van der Waals surface area (Å²) in [4.78, 5) is 26.6. The van der Waals surface area contributed by atoms with E-state index in [1.807, 2.05) is 0 Å². The number of nitrogens with zero attached hydrogens (tertiary/aromatic N) is 1. The zero-order valence-corrected chi connectivity index (χ0v) is 17.5. The molecule has 0 aromatic heterocycles. The van der Waals surface area contributed by atoms with Crippen molar-refractivity contribution in [3.63, 3.8) is 0 Å². The Morgan fingerprint density at radius 2 is 1.77 bits per heavy atom. The maximum Gasteiger partial charge on any atom is 0.263 e. The molecule has 1 N–H and O–H groups in total. The number of carbonyl (C=O) groups excluding carboxylic acids is 2. The molecule has 1 saturated heterocycles. The summed E-state index contributed by atoms with van der Waals surface area (Å²) in [6.45, 7) is 4.25. The Balaban J connectivity index is 1.46. The molecule has 2 amide bonds. The molecular weight excluding hydrogens is 409 g/mol. The molecule has 2 aromatic rings. The molecule has 2 aromatic carbocycles. The molecule has 0 spiro atoms. The highest BCUT2D eigenvalue weighted by Crippen LogP contribution is 2.21. The van der Waals surface area contributed by atoms with Crippen LogP contribution in [-0.4, -0.2) is 35.9 Å². The summed E-state index contributed by atoms with van der Waals surface area (Å²) >= 11 is 0. The first-order chi connectivity index (χ1) is 14.7. The van der Waals surface area contributed by atoms with Gasteiger partial charge >= 0.3 is 0 Å². The average Bonchev–Trinajstić information content (AvgIpc) is 2.76. The highest BCUT2D eigenvalue weighted by molar-refractivity contribution is 5.82. The topological polar surface area (TPSA) is 58.6 Å². The first-order valence-corrected chi connectivity index (χ1v) is 10.2. The maximum absolute atomic E-state index is 13.6. The number of rotatable bonds is 6. The van der Waals surface area contributed by atoms with Gasteiger partial charge in [0.1, 0.15) is 11.6 Å². The third-order valence-electron chi connectivity index (χ3n) is 5.43. The van der Waals surface area contributed by atoms with Gasteiger partial charge in [-0.1, -0.05) is 12.1 Å². The summed E-state index contributed by atoms with van der Waals surface area (Å²) in [6.07, 6.45) is 0.127.